The molecule has 0 aliphatic carbocycles. The Hall–Kier alpha value is -2.55. The Labute approximate surface area is 118 Å². The van der Waals surface area contributed by atoms with Gasteiger partial charge < -0.3 is 9.64 Å². The van der Waals surface area contributed by atoms with E-state index in [1.807, 2.05) is 54.6 Å². The number of carbonyl (C=O) groups is 1. The maximum atomic E-state index is 12.1. The third-order valence-corrected chi connectivity index (χ3v) is 3.42. The van der Waals surface area contributed by atoms with Crippen molar-refractivity contribution in [2.24, 2.45) is 0 Å². The van der Waals surface area contributed by atoms with Gasteiger partial charge in [0.25, 0.3) is 5.91 Å². The van der Waals surface area contributed by atoms with Crippen molar-refractivity contribution < 1.29 is 9.53 Å². The molecule has 1 amide bonds. The van der Waals surface area contributed by atoms with Crippen molar-refractivity contribution >= 4 is 17.2 Å². The van der Waals surface area contributed by atoms with Gasteiger partial charge in [0, 0.05) is 11.8 Å². The average molecular weight is 265 g/mol. The number of amides is 1. The minimum absolute atomic E-state index is 0.0296. The van der Waals surface area contributed by atoms with Crippen LogP contribution in [0.2, 0.25) is 0 Å². The van der Waals surface area contributed by atoms with Crippen molar-refractivity contribution in [1.29, 1.82) is 0 Å². The Morgan fingerprint density at radius 3 is 2.35 bits per heavy atom. The highest BCUT2D eigenvalue weighted by Gasteiger charge is 2.23. The van der Waals surface area contributed by atoms with E-state index in [-0.39, 0.29) is 5.91 Å². The zero-order valence-corrected chi connectivity index (χ0v) is 11.2. The van der Waals surface area contributed by atoms with E-state index in [4.69, 9.17) is 4.74 Å². The van der Waals surface area contributed by atoms with Crippen LogP contribution in [-0.2, 0) is 4.79 Å². The fourth-order valence-electron chi connectivity index (χ4n) is 2.33. The number of carbonyl (C=O) groups excluding carboxylic acids is 1. The fourth-order valence-corrected chi connectivity index (χ4v) is 2.33. The number of anilines is 1. The molecule has 3 rings (SSSR count). The van der Waals surface area contributed by atoms with Crippen LogP contribution in [0.15, 0.2) is 60.7 Å². The van der Waals surface area contributed by atoms with E-state index in [0.29, 0.717) is 6.54 Å². The molecule has 3 nitrogen and oxygen atoms in total. The summed E-state index contributed by atoms with van der Waals surface area (Å²) in [7, 11) is 1.64. The Morgan fingerprint density at radius 1 is 1.00 bits per heavy atom. The largest absolute Gasteiger partial charge is 0.497 e. The molecule has 0 N–H and O–H groups in total. The number of methoxy groups -OCH3 is 1. The van der Waals surface area contributed by atoms with Crippen molar-refractivity contribution in [3.8, 4) is 5.75 Å². The molecule has 0 aromatic heterocycles. The van der Waals surface area contributed by atoms with Crippen LogP contribution in [0, 0.1) is 0 Å². The first-order chi connectivity index (χ1) is 9.78. The van der Waals surface area contributed by atoms with Crippen molar-refractivity contribution in [2.45, 2.75) is 0 Å². The molecule has 0 fully saturated rings. The number of rotatable bonds is 3. The van der Waals surface area contributed by atoms with Crippen LogP contribution >= 0.6 is 0 Å². The van der Waals surface area contributed by atoms with Gasteiger partial charge >= 0.3 is 0 Å². The molecule has 0 spiro atoms. The van der Waals surface area contributed by atoms with Crippen molar-refractivity contribution in [2.75, 3.05) is 18.6 Å². The fraction of sp³-hybridized carbons (Fsp3) is 0.118. The van der Waals surface area contributed by atoms with E-state index in [9.17, 15) is 4.79 Å². The summed E-state index contributed by atoms with van der Waals surface area (Å²) in [6, 6.07) is 17.5. The summed E-state index contributed by atoms with van der Waals surface area (Å²) >= 11 is 0. The molecule has 2 aromatic carbocycles. The van der Waals surface area contributed by atoms with Gasteiger partial charge in [-0.3, -0.25) is 4.79 Å². The summed E-state index contributed by atoms with van der Waals surface area (Å²) in [5, 5.41) is 0. The molecule has 100 valence electrons. The molecular weight excluding hydrogens is 250 g/mol. The summed E-state index contributed by atoms with van der Waals surface area (Å²) in [4.78, 5) is 13.9. The predicted molar refractivity (Wildman–Crippen MR) is 79.8 cm³/mol. The molecule has 0 saturated carbocycles. The highest BCUT2D eigenvalue weighted by molar-refractivity contribution is 6.11. The van der Waals surface area contributed by atoms with Gasteiger partial charge in [-0.15, -0.1) is 0 Å². The zero-order valence-electron chi connectivity index (χ0n) is 11.2. The molecule has 2 aromatic rings. The standard InChI is InChI=1S/C17H15NO2/c1-20-16-9-7-13(8-10-16)14-11-17(19)18(12-14)15-5-3-2-4-6-15/h2-11H,12H2,1H3. The summed E-state index contributed by atoms with van der Waals surface area (Å²) in [6.45, 7) is 0.606. The van der Waals surface area contributed by atoms with E-state index < -0.39 is 0 Å². The lowest BCUT2D eigenvalue weighted by molar-refractivity contribution is -0.113. The van der Waals surface area contributed by atoms with E-state index in [2.05, 4.69) is 0 Å². The molecular formula is C17H15NO2. The average Bonchev–Trinajstić information content (AvgIpc) is 2.90. The van der Waals surface area contributed by atoms with E-state index in [1.165, 1.54) is 0 Å². The lowest BCUT2D eigenvalue weighted by Crippen LogP contribution is -2.24. The topological polar surface area (TPSA) is 29.5 Å². The maximum absolute atomic E-state index is 12.1. The molecule has 0 atom stereocenters. The van der Waals surface area contributed by atoms with Crippen molar-refractivity contribution in [3.63, 3.8) is 0 Å². The summed E-state index contributed by atoms with van der Waals surface area (Å²) < 4.78 is 5.15. The second-order valence-electron chi connectivity index (χ2n) is 4.66. The van der Waals surface area contributed by atoms with Crippen molar-refractivity contribution in [3.05, 3.63) is 66.2 Å². The molecule has 0 unspecified atom stereocenters. The van der Waals surface area contributed by atoms with Gasteiger partial charge in [0.1, 0.15) is 5.75 Å². The molecule has 3 heteroatoms. The second-order valence-corrected chi connectivity index (χ2v) is 4.66. The Bertz CT molecular complexity index is 644. The molecule has 1 aliphatic heterocycles. The van der Waals surface area contributed by atoms with Crippen LogP contribution in [-0.4, -0.2) is 19.6 Å². The Morgan fingerprint density at radius 2 is 1.70 bits per heavy atom. The van der Waals surface area contributed by atoms with Gasteiger partial charge in [-0.1, -0.05) is 30.3 Å². The van der Waals surface area contributed by atoms with E-state index in [1.54, 1.807) is 18.1 Å². The second kappa shape index (κ2) is 5.21. The molecule has 0 bridgehead atoms. The van der Waals surface area contributed by atoms with Crippen LogP contribution in [0.4, 0.5) is 5.69 Å². The first-order valence-electron chi connectivity index (χ1n) is 6.49. The van der Waals surface area contributed by atoms with E-state index >= 15 is 0 Å². The van der Waals surface area contributed by atoms with Gasteiger partial charge in [0.05, 0.1) is 13.7 Å². The third-order valence-electron chi connectivity index (χ3n) is 3.42. The molecule has 0 radical (unpaired) electrons. The molecule has 1 heterocycles. The number of ether oxygens (including phenoxy) is 1. The van der Waals surface area contributed by atoms with Gasteiger partial charge in [-0.2, -0.15) is 0 Å². The number of hydrogen-bond donors (Lipinski definition) is 0. The summed E-state index contributed by atoms with van der Waals surface area (Å²) in [5.74, 6) is 0.848. The van der Waals surface area contributed by atoms with Crippen LogP contribution in [0.25, 0.3) is 5.57 Å². The SMILES string of the molecule is COc1ccc(C2=CC(=O)N(c3ccccc3)C2)cc1. The van der Waals surface area contributed by atoms with Gasteiger partial charge in [-0.05, 0) is 35.4 Å². The summed E-state index contributed by atoms with van der Waals surface area (Å²) in [6.07, 6.45) is 1.70. The Kier molecular flexibility index (Phi) is 3.25. The minimum atomic E-state index is 0.0296. The monoisotopic (exact) mass is 265 g/mol. The zero-order chi connectivity index (χ0) is 13.9. The first-order valence-corrected chi connectivity index (χ1v) is 6.49. The van der Waals surface area contributed by atoms with Gasteiger partial charge in [0.15, 0.2) is 0 Å². The maximum Gasteiger partial charge on any atom is 0.251 e. The number of hydrogen-bond acceptors (Lipinski definition) is 2. The highest BCUT2D eigenvalue weighted by Crippen LogP contribution is 2.27. The van der Waals surface area contributed by atoms with Crippen LogP contribution < -0.4 is 9.64 Å². The lowest BCUT2D eigenvalue weighted by atomic mass is 10.1. The number of para-hydroxylation sites is 1. The first kappa shape index (κ1) is 12.5. The normalized spacial score (nSPS) is 14.3. The number of nitrogens with zero attached hydrogens (tertiary/aromatic N) is 1. The highest BCUT2D eigenvalue weighted by atomic mass is 16.5. The molecule has 0 saturated heterocycles. The third kappa shape index (κ3) is 2.30. The smallest absolute Gasteiger partial charge is 0.251 e. The van der Waals surface area contributed by atoms with Gasteiger partial charge in [0.2, 0.25) is 0 Å². The lowest BCUT2D eigenvalue weighted by Gasteiger charge is -2.16. The summed E-state index contributed by atoms with van der Waals surface area (Å²) in [5.41, 5.74) is 3.01. The minimum Gasteiger partial charge on any atom is -0.497 e. The van der Waals surface area contributed by atoms with Crippen LogP contribution in [0.3, 0.4) is 0 Å². The Balaban J connectivity index is 1.83. The van der Waals surface area contributed by atoms with Gasteiger partial charge in [-0.25, -0.2) is 0 Å². The van der Waals surface area contributed by atoms with Crippen LogP contribution in [0.5, 0.6) is 5.75 Å². The van der Waals surface area contributed by atoms with Crippen LogP contribution in [0.1, 0.15) is 5.56 Å². The quantitative estimate of drug-likeness (QED) is 0.853. The van der Waals surface area contributed by atoms with Crippen molar-refractivity contribution in [1.82, 2.24) is 0 Å². The molecule has 20 heavy (non-hydrogen) atoms. The predicted octanol–water partition coefficient (Wildman–Crippen LogP) is 3.13. The van der Waals surface area contributed by atoms with E-state index in [0.717, 1.165) is 22.6 Å². The number of benzene rings is 2. The molecule has 1 aliphatic rings.